The van der Waals surface area contributed by atoms with Crippen LogP contribution in [0.1, 0.15) is 20.3 Å². The first-order valence-electron chi connectivity index (χ1n) is 4.77. The summed E-state index contributed by atoms with van der Waals surface area (Å²) in [5, 5.41) is -0.680. The minimum Gasteiger partial charge on any atom is -0.475 e. The molecule has 1 unspecified atom stereocenters. The molecular weight excluding hydrogens is 207 g/mol. The van der Waals surface area contributed by atoms with Crippen molar-refractivity contribution >= 4 is 8.46 Å². The standard InChI is InChI=1S/C12H17O2P/c1-5-8-10-11(9-6-2)14-12(4,7-3)15-13/h5-6,8-10H,1-2,7H2,3-4H3/b10-8-,11-9+. The molecule has 0 N–H and O–H groups in total. The zero-order valence-corrected chi connectivity index (χ0v) is 10.2. The Morgan fingerprint density at radius 3 is 2.53 bits per heavy atom. The van der Waals surface area contributed by atoms with Crippen LogP contribution in [0.15, 0.2) is 49.3 Å². The molecule has 0 radical (unpaired) electrons. The van der Waals surface area contributed by atoms with E-state index in [-0.39, 0.29) is 8.46 Å². The van der Waals surface area contributed by atoms with Crippen molar-refractivity contribution in [2.45, 2.75) is 25.6 Å². The fraction of sp³-hybridized carbons (Fsp3) is 0.333. The quantitative estimate of drug-likeness (QED) is 0.367. The van der Waals surface area contributed by atoms with Crippen LogP contribution in [0, 0.1) is 0 Å². The van der Waals surface area contributed by atoms with Crippen molar-refractivity contribution in [3.63, 3.8) is 0 Å². The highest BCUT2D eigenvalue weighted by Gasteiger charge is 2.24. The first kappa shape index (κ1) is 13.9. The molecule has 0 amide bonds. The summed E-state index contributed by atoms with van der Waals surface area (Å²) in [4.78, 5) is 0. The van der Waals surface area contributed by atoms with Gasteiger partial charge in [-0.05, 0) is 25.5 Å². The van der Waals surface area contributed by atoms with Gasteiger partial charge in [0.15, 0.2) is 5.34 Å². The maximum Gasteiger partial charge on any atom is 0.203 e. The van der Waals surface area contributed by atoms with Crippen LogP contribution in [-0.2, 0) is 9.30 Å². The van der Waals surface area contributed by atoms with E-state index >= 15 is 0 Å². The van der Waals surface area contributed by atoms with Crippen molar-refractivity contribution in [3.8, 4) is 0 Å². The van der Waals surface area contributed by atoms with Crippen molar-refractivity contribution < 1.29 is 9.30 Å². The first-order valence-corrected chi connectivity index (χ1v) is 5.58. The van der Waals surface area contributed by atoms with E-state index in [1.54, 1.807) is 37.3 Å². The van der Waals surface area contributed by atoms with Crippen LogP contribution in [0.3, 0.4) is 0 Å². The van der Waals surface area contributed by atoms with E-state index in [0.717, 1.165) is 0 Å². The smallest absolute Gasteiger partial charge is 0.203 e. The molecule has 0 aliphatic rings. The summed E-state index contributed by atoms with van der Waals surface area (Å²) in [6, 6.07) is 0. The Kier molecular flexibility index (Phi) is 6.64. The third kappa shape index (κ3) is 5.34. The van der Waals surface area contributed by atoms with E-state index in [9.17, 15) is 4.57 Å². The molecular formula is C12H17O2P. The second kappa shape index (κ2) is 7.19. The summed E-state index contributed by atoms with van der Waals surface area (Å²) >= 11 is 0. The molecule has 0 heterocycles. The lowest BCUT2D eigenvalue weighted by molar-refractivity contribution is 0.0997. The van der Waals surface area contributed by atoms with Gasteiger partial charge in [0.2, 0.25) is 8.46 Å². The lowest BCUT2D eigenvalue weighted by Gasteiger charge is -2.22. The maximum atomic E-state index is 10.9. The summed E-state index contributed by atoms with van der Waals surface area (Å²) in [7, 11) is -0.0251. The van der Waals surface area contributed by atoms with E-state index in [1.165, 1.54) is 0 Å². The van der Waals surface area contributed by atoms with Gasteiger partial charge in [0.05, 0.1) is 0 Å². The Morgan fingerprint density at radius 2 is 2.13 bits per heavy atom. The van der Waals surface area contributed by atoms with Gasteiger partial charge in [-0.2, -0.15) is 0 Å². The Balaban J connectivity index is 4.74. The molecule has 0 aromatic rings. The van der Waals surface area contributed by atoms with Crippen molar-refractivity contribution in [3.05, 3.63) is 49.3 Å². The topological polar surface area (TPSA) is 26.3 Å². The highest BCUT2D eigenvalue weighted by molar-refractivity contribution is 7.25. The lowest BCUT2D eigenvalue weighted by atomic mass is 10.3. The van der Waals surface area contributed by atoms with E-state index in [4.69, 9.17) is 4.74 Å². The van der Waals surface area contributed by atoms with Crippen molar-refractivity contribution in [2.75, 3.05) is 0 Å². The minimum atomic E-state index is -0.680. The highest BCUT2D eigenvalue weighted by atomic mass is 31.1. The molecule has 2 nitrogen and oxygen atoms in total. The van der Waals surface area contributed by atoms with Crippen LogP contribution in [0.5, 0.6) is 0 Å². The predicted molar refractivity (Wildman–Crippen MR) is 65.0 cm³/mol. The molecule has 0 rings (SSSR count). The Bertz CT molecular complexity index is 292. The van der Waals surface area contributed by atoms with E-state index in [2.05, 4.69) is 13.2 Å². The van der Waals surface area contributed by atoms with Gasteiger partial charge >= 0.3 is 0 Å². The fourth-order valence-corrected chi connectivity index (χ4v) is 1.08. The Hall–Kier alpha value is -1.14. The van der Waals surface area contributed by atoms with Gasteiger partial charge in [0.1, 0.15) is 5.76 Å². The van der Waals surface area contributed by atoms with Gasteiger partial charge in [-0.15, -0.1) is 0 Å². The second-order valence-corrected chi connectivity index (χ2v) is 4.25. The lowest BCUT2D eigenvalue weighted by Crippen LogP contribution is -2.19. The number of hydrogen-bond donors (Lipinski definition) is 0. The monoisotopic (exact) mass is 224 g/mol. The van der Waals surface area contributed by atoms with Crippen LogP contribution in [0.4, 0.5) is 0 Å². The third-order valence-corrected chi connectivity index (χ3v) is 2.66. The molecule has 0 fully saturated rings. The SMILES string of the molecule is C=C/C=C\C(=C/C=C)OC(C)(CC)P=O. The van der Waals surface area contributed by atoms with Gasteiger partial charge in [-0.1, -0.05) is 38.3 Å². The third-order valence-electron chi connectivity index (χ3n) is 1.87. The second-order valence-electron chi connectivity index (χ2n) is 3.12. The Labute approximate surface area is 93.2 Å². The van der Waals surface area contributed by atoms with Gasteiger partial charge in [0, 0.05) is 0 Å². The molecule has 0 aromatic heterocycles. The number of rotatable bonds is 7. The van der Waals surface area contributed by atoms with Crippen molar-refractivity contribution in [1.29, 1.82) is 0 Å². The average Bonchev–Trinajstić information content (AvgIpc) is 2.26. The van der Waals surface area contributed by atoms with Crippen LogP contribution >= 0.6 is 8.46 Å². The molecule has 0 aliphatic carbocycles. The van der Waals surface area contributed by atoms with Gasteiger partial charge < -0.3 is 4.74 Å². The highest BCUT2D eigenvalue weighted by Crippen LogP contribution is 2.30. The first-order chi connectivity index (χ1) is 7.11. The summed E-state index contributed by atoms with van der Waals surface area (Å²) in [5.41, 5.74) is 0. The van der Waals surface area contributed by atoms with E-state index < -0.39 is 5.34 Å². The summed E-state index contributed by atoms with van der Waals surface area (Å²) in [5.74, 6) is 0.623. The van der Waals surface area contributed by atoms with Crippen LogP contribution < -0.4 is 0 Å². The normalized spacial score (nSPS) is 16.3. The maximum absolute atomic E-state index is 10.9. The summed E-state index contributed by atoms with van der Waals surface area (Å²) in [6.45, 7) is 10.9. The predicted octanol–water partition coefficient (Wildman–Crippen LogP) is 4.23. The molecule has 3 heteroatoms. The number of hydrogen-bond acceptors (Lipinski definition) is 2. The summed E-state index contributed by atoms with van der Waals surface area (Å²) in [6.07, 6.45) is 9.17. The molecule has 1 atom stereocenters. The van der Waals surface area contributed by atoms with Gasteiger partial charge in [-0.25, -0.2) is 0 Å². The molecule has 0 aliphatic heterocycles. The zero-order valence-electron chi connectivity index (χ0n) is 9.27. The molecule has 0 saturated heterocycles. The summed E-state index contributed by atoms with van der Waals surface area (Å²) < 4.78 is 16.6. The minimum absolute atomic E-state index is 0.0251. The van der Waals surface area contributed by atoms with Crippen molar-refractivity contribution in [1.82, 2.24) is 0 Å². The fourth-order valence-electron chi connectivity index (χ4n) is 0.812. The van der Waals surface area contributed by atoms with Crippen LogP contribution in [0.2, 0.25) is 0 Å². The molecule has 0 spiro atoms. The number of ether oxygens (including phenoxy) is 1. The van der Waals surface area contributed by atoms with Gasteiger partial charge in [0.25, 0.3) is 0 Å². The Morgan fingerprint density at radius 1 is 1.47 bits per heavy atom. The number of allylic oxidation sites excluding steroid dienone is 5. The molecule has 0 saturated carbocycles. The molecule has 82 valence electrons. The van der Waals surface area contributed by atoms with E-state index in [1.807, 2.05) is 6.92 Å². The molecule has 0 aromatic carbocycles. The van der Waals surface area contributed by atoms with Crippen LogP contribution in [-0.4, -0.2) is 5.34 Å². The largest absolute Gasteiger partial charge is 0.475 e. The zero-order chi connectivity index (χ0) is 11.7. The molecule has 0 bridgehead atoms. The van der Waals surface area contributed by atoms with Crippen LogP contribution in [0.25, 0.3) is 0 Å². The molecule has 15 heavy (non-hydrogen) atoms. The van der Waals surface area contributed by atoms with E-state index in [0.29, 0.717) is 12.2 Å². The van der Waals surface area contributed by atoms with Gasteiger partial charge in [-0.3, -0.25) is 4.57 Å². The van der Waals surface area contributed by atoms with Crippen molar-refractivity contribution in [2.24, 2.45) is 0 Å². The average molecular weight is 224 g/mol.